The Kier molecular flexibility index (Phi) is 4.31. The first kappa shape index (κ1) is 12.3. The van der Waals surface area contributed by atoms with Crippen LogP contribution in [0.1, 0.15) is 38.7 Å². The van der Waals surface area contributed by atoms with Gasteiger partial charge in [0.15, 0.2) is 0 Å². The summed E-state index contributed by atoms with van der Waals surface area (Å²) in [6.07, 6.45) is 7.56. The molecule has 1 N–H and O–H groups in total. The second kappa shape index (κ2) is 5.96. The van der Waals surface area contributed by atoms with Gasteiger partial charge in [-0.25, -0.2) is 9.97 Å². The molecule has 17 heavy (non-hydrogen) atoms. The zero-order chi connectivity index (χ0) is 12.1. The second-order valence-corrected chi connectivity index (χ2v) is 4.78. The Balaban J connectivity index is 1.88. The largest absolute Gasteiger partial charge is 0.341 e. The lowest BCUT2D eigenvalue weighted by molar-refractivity contribution is 0.533. The summed E-state index contributed by atoms with van der Waals surface area (Å²) in [4.78, 5) is 11.1. The molecule has 0 aliphatic carbocycles. The highest BCUT2D eigenvalue weighted by Gasteiger charge is 2.14. The predicted octanol–water partition coefficient (Wildman–Crippen LogP) is 1.96. The Labute approximate surface area is 103 Å². The van der Waals surface area contributed by atoms with Crippen LogP contribution in [0.3, 0.4) is 0 Å². The van der Waals surface area contributed by atoms with Crippen molar-refractivity contribution in [3.63, 3.8) is 0 Å². The third-order valence-corrected chi connectivity index (χ3v) is 3.35. The minimum Gasteiger partial charge on any atom is -0.341 e. The molecule has 4 heteroatoms. The molecule has 1 fully saturated rings. The van der Waals surface area contributed by atoms with Crippen molar-refractivity contribution in [3.05, 3.63) is 18.0 Å². The van der Waals surface area contributed by atoms with Crippen molar-refractivity contribution in [3.8, 4) is 0 Å². The first-order valence-electron chi connectivity index (χ1n) is 6.59. The van der Waals surface area contributed by atoms with Crippen LogP contribution in [-0.4, -0.2) is 29.1 Å². The van der Waals surface area contributed by atoms with E-state index in [1.165, 1.54) is 12.8 Å². The molecule has 1 atom stereocenters. The van der Waals surface area contributed by atoms with Crippen molar-refractivity contribution in [1.29, 1.82) is 0 Å². The zero-order valence-corrected chi connectivity index (χ0v) is 10.8. The molecule has 1 aliphatic heterocycles. The Morgan fingerprint density at radius 3 is 2.53 bits per heavy atom. The van der Waals surface area contributed by atoms with Gasteiger partial charge in [-0.3, -0.25) is 0 Å². The summed E-state index contributed by atoms with van der Waals surface area (Å²) in [6, 6.07) is 0.549. The van der Waals surface area contributed by atoms with E-state index in [0.29, 0.717) is 6.04 Å². The molecule has 94 valence electrons. The van der Waals surface area contributed by atoms with Crippen LogP contribution in [0.25, 0.3) is 0 Å². The van der Waals surface area contributed by atoms with Crippen LogP contribution in [-0.2, 0) is 6.54 Å². The fraction of sp³-hybridized carbons (Fsp3) is 0.692. The van der Waals surface area contributed by atoms with E-state index in [9.17, 15) is 0 Å². The van der Waals surface area contributed by atoms with Gasteiger partial charge in [-0.05, 0) is 26.2 Å². The van der Waals surface area contributed by atoms with Crippen molar-refractivity contribution < 1.29 is 0 Å². The molecular weight excluding hydrogens is 212 g/mol. The Bertz CT molecular complexity index is 330. The van der Waals surface area contributed by atoms with Crippen molar-refractivity contribution in [2.75, 3.05) is 18.0 Å². The third-order valence-electron chi connectivity index (χ3n) is 3.35. The van der Waals surface area contributed by atoms with Gasteiger partial charge in [0.05, 0.1) is 0 Å². The van der Waals surface area contributed by atoms with E-state index in [1.807, 2.05) is 12.4 Å². The van der Waals surface area contributed by atoms with Crippen LogP contribution in [0.5, 0.6) is 0 Å². The summed E-state index contributed by atoms with van der Waals surface area (Å²) < 4.78 is 0. The fourth-order valence-corrected chi connectivity index (χ4v) is 1.96. The van der Waals surface area contributed by atoms with Gasteiger partial charge in [0, 0.05) is 43.6 Å². The van der Waals surface area contributed by atoms with E-state index in [-0.39, 0.29) is 0 Å². The normalized spacial score (nSPS) is 17.4. The molecule has 4 nitrogen and oxygen atoms in total. The topological polar surface area (TPSA) is 41.1 Å². The average Bonchev–Trinajstić information content (AvgIpc) is 2.90. The van der Waals surface area contributed by atoms with E-state index in [4.69, 9.17) is 0 Å². The van der Waals surface area contributed by atoms with E-state index < -0.39 is 0 Å². The Morgan fingerprint density at radius 1 is 1.29 bits per heavy atom. The van der Waals surface area contributed by atoms with Crippen LogP contribution < -0.4 is 10.2 Å². The number of rotatable bonds is 5. The summed E-state index contributed by atoms with van der Waals surface area (Å²) in [7, 11) is 0. The molecule has 0 radical (unpaired) electrons. The minimum atomic E-state index is 0.549. The highest BCUT2D eigenvalue weighted by molar-refractivity contribution is 5.30. The summed E-state index contributed by atoms with van der Waals surface area (Å²) in [5.41, 5.74) is 1.16. The van der Waals surface area contributed by atoms with Gasteiger partial charge in [0.1, 0.15) is 0 Å². The summed E-state index contributed by atoms with van der Waals surface area (Å²) in [6.45, 7) is 7.44. The highest BCUT2D eigenvalue weighted by Crippen LogP contribution is 2.14. The maximum absolute atomic E-state index is 4.44. The molecule has 2 rings (SSSR count). The first-order chi connectivity index (χ1) is 8.29. The maximum atomic E-state index is 4.44. The summed E-state index contributed by atoms with van der Waals surface area (Å²) in [5.74, 6) is 0.884. The van der Waals surface area contributed by atoms with Crippen molar-refractivity contribution in [2.45, 2.75) is 45.7 Å². The summed E-state index contributed by atoms with van der Waals surface area (Å²) in [5, 5.41) is 3.44. The second-order valence-electron chi connectivity index (χ2n) is 4.78. The molecule has 0 amide bonds. The lowest BCUT2D eigenvalue weighted by atomic mass is 10.2. The van der Waals surface area contributed by atoms with E-state index >= 15 is 0 Å². The SMILES string of the molecule is CC[C@H](C)NCc1cnc(N2CCCC2)nc1. The molecule has 1 aliphatic rings. The standard InChI is InChI=1S/C13H22N4/c1-3-11(2)14-8-12-9-15-13(16-10-12)17-6-4-5-7-17/h9-11,14H,3-8H2,1-2H3/t11-/m0/s1. The number of anilines is 1. The molecule has 0 aromatic carbocycles. The van der Waals surface area contributed by atoms with Gasteiger partial charge in [-0.2, -0.15) is 0 Å². The van der Waals surface area contributed by atoms with Crippen molar-refractivity contribution in [1.82, 2.24) is 15.3 Å². The van der Waals surface area contributed by atoms with E-state index in [0.717, 1.165) is 37.6 Å². The quantitative estimate of drug-likeness (QED) is 0.845. The van der Waals surface area contributed by atoms with Crippen LogP contribution in [0.4, 0.5) is 5.95 Å². The molecule has 0 spiro atoms. The molecule has 2 heterocycles. The van der Waals surface area contributed by atoms with Gasteiger partial charge in [-0.1, -0.05) is 6.92 Å². The number of nitrogens with one attached hydrogen (secondary N) is 1. The molecule has 0 bridgehead atoms. The molecule has 1 saturated heterocycles. The number of nitrogens with zero attached hydrogens (tertiary/aromatic N) is 3. The number of hydrogen-bond donors (Lipinski definition) is 1. The number of hydrogen-bond acceptors (Lipinski definition) is 4. The maximum Gasteiger partial charge on any atom is 0.225 e. The molecule has 1 aromatic rings. The van der Waals surface area contributed by atoms with Crippen LogP contribution >= 0.6 is 0 Å². The van der Waals surface area contributed by atoms with Gasteiger partial charge < -0.3 is 10.2 Å². The monoisotopic (exact) mass is 234 g/mol. The fourth-order valence-electron chi connectivity index (χ4n) is 1.96. The van der Waals surface area contributed by atoms with Crippen LogP contribution in [0.15, 0.2) is 12.4 Å². The van der Waals surface area contributed by atoms with Gasteiger partial charge in [0.25, 0.3) is 0 Å². The molecular formula is C13H22N4. The van der Waals surface area contributed by atoms with Crippen molar-refractivity contribution >= 4 is 5.95 Å². The smallest absolute Gasteiger partial charge is 0.225 e. The highest BCUT2D eigenvalue weighted by atomic mass is 15.3. The third kappa shape index (κ3) is 3.40. The van der Waals surface area contributed by atoms with Crippen molar-refractivity contribution in [2.24, 2.45) is 0 Å². The van der Waals surface area contributed by atoms with Crippen LogP contribution in [0.2, 0.25) is 0 Å². The average molecular weight is 234 g/mol. The van der Waals surface area contributed by atoms with Gasteiger partial charge >= 0.3 is 0 Å². The summed E-state index contributed by atoms with van der Waals surface area (Å²) >= 11 is 0. The Morgan fingerprint density at radius 2 is 1.94 bits per heavy atom. The van der Waals surface area contributed by atoms with Crippen LogP contribution in [0, 0.1) is 0 Å². The number of aromatic nitrogens is 2. The van der Waals surface area contributed by atoms with Gasteiger partial charge in [-0.15, -0.1) is 0 Å². The Hall–Kier alpha value is -1.16. The minimum absolute atomic E-state index is 0.549. The van der Waals surface area contributed by atoms with E-state index in [2.05, 4.69) is 34.0 Å². The molecule has 1 aromatic heterocycles. The first-order valence-corrected chi connectivity index (χ1v) is 6.59. The molecule has 0 unspecified atom stereocenters. The lowest BCUT2D eigenvalue weighted by Crippen LogP contribution is -2.25. The van der Waals surface area contributed by atoms with E-state index in [1.54, 1.807) is 0 Å². The predicted molar refractivity (Wildman–Crippen MR) is 70.1 cm³/mol. The lowest BCUT2D eigenvalue weighted by Gasteiger charge is -2.15. The zero-order valence-electron chi connectivity index (χ0n) is 10.8. The molecule has 0 saturated carbocycles. The van der Waals surface area contributed by atoms with Gasteiger partial charge in [0.2, 0.25) is 5.95 Å².